The van der Waals surface area contributed by atoms with Crippen molar-refractivity contribution in [2.24, 2.45) is 0 Å². The average Bonchev–Trinajstić information content (AvgIpc) is 2.66. The summed E-state index contributed by atoms with van der Waals surface area (Å²) in [6, 6.07) is 4.76. The zero-order valence-electron chi connectivity index (χ0n) is 8.81. The van der Waals surface area contributed by atoms with Crippen LogP contribution in [0.4, 0.5) is 0 Å². The molecule has 15 heavy (non-hydrogen) atoms. The molecular formula is C12H16O3. The van der Waals surface area contributed by atoms with Gasteiger partial charge in [-0.15, -0.1) is 0 Å². The van der Waals surface area contributed by atoms with Crippen molar-refractivity contribution in [3.8, 4) is 11.5 Å². The van der Waals surface area contributed by atoms with Gasteiger partial charge in [-0.2, -0.15) is 0 Å². The van der Waals surface area contributed by atoms with E-state index in [1.54, 1.807) is 12.1 Å². The second-order valence-electron chi connectivity index (χ2n) is 4.04. The quantitative estimate of drug-likeness (QED) is 0.784. The van der Waals surface area contributed by atoms with Gasteiger partial charge < -0.3 is 14.9 Å². The van der Waals surface area contributed by atoms with E-state index in [1.807, 2.05) is 0 Å². The molecule has 0 saturated carbocycles. The molecule has 0 amide bonds. The van der Waals surface area contributed by atoms with Crippen LogP contribution >= 0.6 is 0 Å². The summed E-state index contributed by atoms with van der Waals surface area (Å²) < 4.78 is 5.58. The second kappa shape index (κ2) is 4.11. The van der Waals surface area contributed by atoms with E-state index >= 15 is 0 Å². The molecule has 0 aromatic heterocycles. The van der Waals surface area contributed by atoms with Gasteiger partial charge in [0.1, 0.15) is 11.5 Å². The average molecular weight is 208 g/mol. The first-order chi connectivity index (χ1) is 7.20. The Bertz CT molecular complexity index is 349. The molecule has 3 nitrogen and oxygen atoms in total. The summed E-state index contributed by atoms with van der Waals surface area (Å²) in [7, 11) is 0. The van der Waals surface area contributed by atoms with Crippen molar-refractivity contribution in [1.29, 1.82) is 0 Å². The largest absolute Gasteiger partial charge is 0.508 e. The molecule has 0 spiro atoms. The van der Waals surface area contributed by atoms with Crippen LogP contribution in [0.15, 0.2) is 18.2 Å². The van der Waals surface area contributed by atoms with Crippen LogP contribution in [-0.4, -0.2) is 22.9 Å². The Morgan fingerprint density at radius 3 is 2.80 bits per heavy atom. The van der Waals surface area contributed by atoms with Crippen LogP contribution in [0.5, 0.6) is 11.5 Å². The summed E-state index contributed by atoms with van der Waals surface area (Å²) in [5.41, 5.74) is 0.878. The number of rotatable bonds is 2. The van der Waals surface area contributed by atoms with Crippen LogP contribution < -0.4 is 0 Å². The number of ether oxygens (including phenoxy) is 1. The first kappa shape index (κ1) is 10.3. The first-order valence-electron chi connectivity index (χ1n) is 5.34. The van der Waals surface area contributed by atoms with E-state index in [0.29, 0.717) is 12.7 Å². The highest BCUT2D eigenvalue weighted by atomic mass is 16.5. The summed E-state index contributed by atoms with van der Waals surface area (Å²) in [5.74, 6) is 0.526. The highest BCUT2D eigenvalue weighted by Crippen LogP contribution is 2.36. The molecule has 0 aliphatic carbocycles. The molecule has 2 N–H and O–H groups in total. The minimum absolute atomic E-state index is 0.0993. The van der Waals surface area contributed by atoms with Crippen molar-refractivity contribution in [2.45, 2.75) is 31.8 Å². The number of aromatic hydroxyl groups is 2. The van der Waals surface area contributed by atoms with Gasteiger partial charge in [0.25, 0.3) is 0 Å². The molecule has 3 heteroatoms. The fraction of sp³-hybridized carbons (Fsp3) is 0.500. The lowest BCUT2D eigenvalue weighted by Crippen LogP contribution is -2.01. The van der Waals surface area contributed by atoms with Gasteiger partial charge >= 0.3 is 0 Å². The molecule has 2 atom stereocenters. The van der Waals surface area contributed by atoms with Crippen molar-refractivity contribution in [3.05, 3.63) is 23.8 Å². The fourth-order valence-electron chi connectivity index (χ4n) is 2.08. The van der Waals surface area contributed by atoms with E-state index in [4.69, 9.17) is 4.74 Å². The Kier molecular flexibility index (Phi) is 2.82. The first-order valence-corrected chi connectivity index (χ1v) is 5.34. The third kappa shape index (κ3) is 2.07. The lowest BCUT2D eigenvalue weighted by atomic mass is 9.95. The molecule has 1 aromatic carbocycles. The molecule has 0 bridgehead atoms. The predicted octanol–water partition coefficient (Wildman–Crippen LogP) is 2.38. The van der Waals surface area contributed by atoms with E-state index in [-0.39, 0.29) is 17.4 Å². The van der Waals surface area contributed by atoms with Gasteiger partial charge in [0.15, 0.2) is 0 Å². The maximum atomic E-state index is 9.70. The second-order valence-corrected chi connectivity index (χ2v) is 4.04. The summed E-state index contributed by atoms with van der Waals surface area (Å²) in [4.78, 5) is 0. The predicted molar refractivity (Wildman–Crippen MR) is 57.2 cm³/mol. The Morgan fingerprint density at radius 2 is 2.20 bits per heavy atom. The van der Waals surface area contributed by atoms with Gasteiger partial charge in [-0.1, -0.05) is 13.0 Å². The summed E-state index contributed by atoms with van der Waals surface area (Å²) in [6.07, 6.45) is 2.27. The Hall–Kier alpha value is -1.22. The number of phenols is 2. The minimum Gasteiger partial charge on any atom is -0.508 e. The van der Waals surface area contributed by atoms with E-state index in [1.165, 1.54) is 6.07 Å². The fourth-order valence-corrected chi connectivity index (χ4v) is 2.08. The van der Waals surface area contributed by atoms with Gasteiger partial charge in [0, 0.05) is 12.0 Å². The van der Waals surface area contributed by atoms with Crippen molar-refractivity contribution < 1.29 is 14.9 Å². The van der Waals surface area contributed by atoms with E-state index in [2.05, 4.69) is 6.92 Å². The molecule has 82 valence electrons. The van der Waals surface area contributed by atoms with Crippen molar-refractivity contribution in [1.82, 2.24) is 0 Å². The Labute approximate surface area is 89.3 Å². The maximum Gasteiger partial charge on any atom is 0.122 e. The number of hydrogen-bond donors (Lipinski definition) is 2. The molecule has 2 rings (SSSR count). The zero-order chi connectivity index (χ0) is 10.8. The standard InChI is InChI=1S/C12H16O3/c1-2-10-5-8(7-15-10)11-4-3-9(13)6-12(11)14/h3-4,6,8,10,13-14H,2,5,7H2,1H3/t8-,10-/m0/s1. The minimum atomic E-state index is 0.0993. The van der Waals surface area contributed by atoms with Crippen LogP contribution in [-0.2, 0) is 4.74 Å². The Balaban J connectivity index is 2.17. The smallest absolute Gasteiger partial charge is 0.122 e. The number of hydrogen-bond acceptors (Lipinski definition) is 3. The van der Waals surface area contributed by atoms with Crippen LogP contribution in [0.25, 0.3) is 0 Å². The molecule has 1 aliphatic rings. The zero-order valence-corrected chi connectivity index (χ0v) is 8.81. The van der Waals surface area contributed by atoms with Gasteiger partial charge in [-0.05, 0) is 24.5 Å². The van der Waals surface area contributed by atoms with Gasteiger partial charge in [0.2, 0.25) is 0 Å². The number of phenolic OH excluding ortho intramolecular Hbond substituents is 2. The van der Waals surface area contributed by atoms with E-state index in [9.17, 15) is 10.2 Å². The molecular weight excluding hydrogens is 192 g/mol. The highest BCUT2D eigenvalue weighted by molar-refractivity contribution is 5.41. The third-order valence-electron chi connectivity index (χ3n) is 2.99. The summed E-state index contributed by atoms with van der Waals surface area (Å²) in [5, 5.41) is 18.9. The van der Waals surface area contributed by atoms with Gasteiger partial charge in [0.05, 0.1) is 12.7 Å². The van der Waals surface area contributed by atoms with Crippen LogP contribution in [0, 0.1) is 0 Å². The van der Waals surface area contributed by atoms with E-state index < -0.39 is 0 Å². The topological polar surface area (TPSA) is 49.7 Å². The molecule has 1 saturated heterocycles. The molecule has 0 radical (unpaired) electrons. The molecule has 1 aliphatic heterocycles. The SMILES string of the molecule is CC[C@H]1C[C@H](c2ccc(O)cc2O)CO1. The maximum absolute atomic E-state index is 9.70. The Morgan fingerprint density at radius 1 is 1.40 bits per heavy atom. The lowest BCUT2D eigenvalue weighted by molar-refractivity contribution is 0.106. The van der Waals surface area contributed by atoms with Crippen LogP contribution in [0.3, 0.4) is 0 Å². The monoisotopic (exact) mass is 208 g/mol. The van der Waals surface area contributed by atoms with Crippen molar-refractivity contribution in [2.75, 3.05) is 6.61 Å². The van der Waals surface area contributed by atoms with Gasteiger partial charge in [-0.3, -0.25) is 0 Å². The van der Waals surface area contributed by atoms with E-state index in [0.717, 1.165) is 18.4 Å². The molecule has 0 unspecified atom stereocenters. The van der Waals surface area contributed by atoms with Crippen molar-refractivity contribution >= 4 is 0 Å². The summed E-state index contributed by atoms with van der Waals surface area (Å²) >= 11 is 0. The third-order valence-corrected chi connectivity index (χ3v) is 2.99. The number of benzene rings is 1. The van der Waals surface area contributed by atoms with Gasteiger partial charge in [-0.25, -0.2) is 0 Å². The molecule has 1 fully saturated rings. The lowest BCUT2D eigenvalue weighted by Gasteiger charge is -2.10. The van der Waals surface area contributed by atoms with Crippen molar-refractivity contribution in [3.63, 3.8) is 0 Å². The molecule has 1 heterocycles. The highest BCUT2D eigenvalue weighted by Gasteiger charge is 2.27. The summed E-state index contributed by atoms with van der Waals surface area (Å²) in [6.45, 7) is 2.76. The normalized spacial score (nSPS) is 25.7. The van der Waals surface area contributed by atoms with Crippen LogP contribution in [0.1, 0.15) is 31.2 Å². The molecule has 1 aromatic rings. The van der Waals surface area contributed by atoms with Crippen LogP contribution in [0.2, 0.25) is 0 Å².